The fourth-order valence-electron chi connectivity index (χ4n) is 12.2. The zero-order chi connectivity index (χ0) is 75.4. The first-order valence-corrected chi connectivity index (χ1v) is 33.2. The Balaban J connectivity index is 0.881. The molecular weight excluding hydrogens is 1370 g/mol. The maximum atomic E-state index is 14.5. The Morgan fingerprint density at radius 3 is 1.64 bits per heavy atom. The van der Waals surface area contributed by atoms with E-state index in [9.17, 15) is 84.6 Å². The fraction of sp³-hybridized carbons (Fsp3) is 0.493. The van der Waals surface area contributed by atoms with E-state index in [0.717, 1.165) is 15.4 Å². The van der Waals surface area contributed by atoms with Gasteiger partial charge >= 0.3 is 24.1 Å². The number of aliphatic hydroxyl groups is 8. The maximum Gasteiger partial charge on any atom is 0.416 e. The normalized spacial score (nSPS) is 24.5. The summed E-state index contributed by atoms with van der Waals surface area (Å²) in [4.78, 5) is 99.4. The number of unbranched alkanes of at least 4 members (excludes halogenated alkanes) is 2. The van der Waals surface area contributed by atoms with Gasteiger partial charge in [0.25, 0.3) is 17.7 Å². The average Bonchev–Trinajstić information content (AvgIpc) is 1.59. The van der Waals surface area contributed by atoms with Crippen LogP contribution >= 0.6 is 0 Å². The minimum Gasteiger partial charge on any atom is -0.493 e. The molecular formula is C69H87N7O28. The highest BCUT2D eigenvalue weighted by Gasteiger charge is 2.51. The van der Waals surface area contributed by atoms with Crippen LogP contribution in [0.5, 0.6) is 34.5 Å². The standard InChI is InChI=1S/C69H87N7O28/c1-7-34(2)28-74-31-51(77)75(68(92)99-32-36-11-13-45(40(22-36)60(84)71-16-15-70)101-66-56(82)52(78)54(80)58(103-66)64(88)89)43-27-50(48(96-6)25-39(43)62(74)86)98-19-10-8-9-18-97-49-26-42-38(24-47(49)95-5)30-73-29-35(3)21-44(73)63(87)76(42)69(93)100-33-37-12-14-46(41(23-37)61(85)72-17-20-94-4)102-67-57(83)53(79)55(81)59(104-67)65(90)91/h11-14,22-27,44,51-59,63,66-67,77-83,87H,2-3,7-10,15-21,28-33,70H2,1,4-6H3,(H,71,84)(H,72,85)(H,88,89)(H,90,91)/t44-,51?,52-,53-,54-,55-,56+,57+,58-,59-,63?,66+,67+/m0/s1. The van der Waals surface area contributed by atoms with E-state index >= 15 is 0 Å². The molecule has 9 rings (SSSR count). The van der Waals surface area contributed by atoms with Crippen LogP contribution in [0.2, 0.25) is 0 Å². The molecule has 0 spiro atoms. The molecule has 35 heteroatoms. The molecule has 35 nitrogen and oxygen atoms in total. The van der Waals surface area contributed by atoms with Crippen molar-refractivity contribution in [2.45, 2.75) is 139 Å². The zero-order valence-corrected chi connectivity index (χ0v) is 57.4. The summed E-state index contributed by atoms with van der Waals surface area (Å²) in [5.74, 6) is -5.23. The van der Waals surface area contributed by atoms with E-state index in [1.807, 2.05) is 11.8 Å². The molecule has 104 heavy (non-hydrogen) atoms. The number of amides is 5. The van der Waals surface area contributed by atoms with Gasteiger partial charge in [-0.25, -0.2) is 29.0 Å². The Hall–Kier alpha value is -9.47. The van der Waals surface area contributed by atoms with Crippen molar-refractivity contribution in [3.63, 3.8) is 0 Å². The van der Waals surface area contributed by atoms with Crippen LogP contribution in [0.15, 0.2) is 85.0 Å². The van der Waals surface area contributed by atoms with Crippen molar-refractivity contribution < 1.29 is 137 Å². The van der Waals surface area contributed by atoms with Gasteiger partial charge in [-0.05, 0) is 85.2 Å². The highest BCUT2D eigenvalue weighted by Crippen LogP contribution is 2.44. The number of carbonyl (C=O) groups excluding carboxylic acids is 5. The topological polar surface area (TPSA) is 486 Å². The lowest BCUT2D eigenvalue weighted by Gasteiger charge is -2.38. The molecule has 566 valence electrons. The molecule has 5 aliphatic heterocycles. The number of aliphatic hydroxyl groups excluding tert-OH is 8. The van der Waals surface area contributed by atoms with Crippen molar-refractivity contribution in [1.29, 1.82) is 0 Å². The lowest BCUT2D eigenvalue weighted by atomic mass is 9.99. The number of aliphatic carboxylic acids is 2. The number of anilines is 2. The number of nitrogens with one attached hydrogen (secondary N) is 2. The molecule has 4 aromatic carbocycles. The van der Waals surface area contributed by atoms with Crippen molar-refractivity contribution in [2.75, 3.05) is 90.2 Å². The summed E-state index contributed by atoms with van der Waals surface area (Å²) in [6.45, 7) is 9.57. The van der Waals surface area contributed by atoms with Gasteiger partial charge < -0.3 is 124 Å². The number of fused-ring (bicyclic) bond motifs is 3. The molecule has 3 saturated heterocycles. The predicted molar refractivity (Wildman–Crippen MR) is 360 cm³/mol. The quantitative estimate of drug-likeness (QED) is 0.0249. The number of hydrogen-bond acceptors (Lipinski definition) is 28. The highest BCUT2D eigenvalue weighted by atomic mass is 16.7. The van der Waals surface area contributed by atoms with Crippen LogP contribution in [0.4, 0.5) is 21.0 Å². The fourth-order valence-corrected chi connectivity index (χ4v) is 12.2. The van der Waals surface area contributed by atoms with E-state index in [4.69, 9.17) is 57.8 Å². The summed E-state index contributed by atoms with van der Waals surface area (Å²) in [5, 5.41) is 111. The van der Waals surface area contributed by atoms with Gasteiger partial charge in [0.2, 0.25) is 12.6 Å². The Kier molecular flexibility index (Phi) is 26.7. The largest absolute Gasteiger partial charge is 0.493 e. The van der Waals surface area contributed by atoms with Gasteiger partial charge in [-0.2, -0.15) is 0 Å². The molecule has 0 aliphatic carbocycles. The van der Waals surface area contributed by atoms with E-state index in [1.54, 1.807) is 12.1 Å². The van der Waals surface area contributed by atoms with Crippen LogP contribution in [-0.4, -0.2) is 263 Å². The zero-order valence-electron chi connectivity index (χ0n) is 57.4. The first kappa shape index (κ1) is 78.7. The molecule has 0 bridgehead atoms. The molecule has 13 atom stereocenters. The Labute approximate surface area is 595 Å². The number of nitrogens with two attached hydrogens (primary N) is 1. The molecule has 5 amide bonds. The van der Waals surface area contributed by atoms with E-state index in [1.165, 1.54) is 74.8 Å². The van der Waals surface area contributed by atoms with Crippen LogP contribution in [0, 0.1) is 0 Å². The number of β-amino-alcohol motifs (C(OH)–C–C–N with tert-alkyl or cyclic N) is 1. The summed E-state index contributed by atoms with van der Waals surface area (Å²) in [6, 6.07) is 13.2. The van der Waals surface area contributed by atoms with Crippen molar-refractivity contribution in [1.82, 2.24) is 20.4 Å². The molecule has 4 aromatic rings. The molecule has 14 N–H and O–H groups in total. The summed E-state index contributed by atoms with van der Waals surface area (Å²) in [6.07, 6.45) is -22.9. The van der Waals surface area contributed by atoms with Gasteiger partial charge in [0.15, 0.2) is 47.7 Å². The number of benzene rings is 4. The van der Waals surface area contributed by atoms with Crippen molar-refractivity contribution in [3.8, 4) is 34.5 Å². The second-order valence-corrected chi connectivity index (χ2v) is 25.0. The summed E-state index contributed by atoms with van der Waals surface area (Å²) in [5.41, 5.74) is 7.68. The van der Waals surface area contributed by atoms with E-state index in [0.29, 0.717) is 55.5 Å². The van der Waals surface area contributed by atoms with Crippen LogP contribution in [0.25, 0.3) is 0 Å². The molecule has 5 aliphatic rings. The Bertz CT molecular complexity index is 3810. The second kappa shape index (κ2) is 35.3. The first-order valence-electron chi connectivity index (χ1n) is 33.2. The van der Waals surface area contributed by atoms with Crippen molar-refractivity contribution in [3.05, 3.63) is 118 Å². The number of carbonyl (C=O) groups is 7. The highest BCUT2D eigenvalue weighted by molar-refractivity contribution is 6.06. The minimum absolute atomic E-state index is 0.0141. The smallest absolute Gasteiger partial charge is 0.416 e. The van der Waals surface area contributed by atoms with E-state index in [-0.39, 0.29) is 120 Å². The third-order valence-electron chi connectivity index (χ3n) is 17.8. The van der Waals surface area contributed by atoms with E-state index < -0.39 is 142 Å². The van der Waals surface area contributed by atoms with Crippen LogP contribution in [-0.2, 0) is 53.0 Å². The first-order chi connectivity index (χ1) is 49.7. The van der Waals surface area contributed by atoms with Gasteiger partial charge in [-0.15, -0.1) is 0 Å². The van der Waals surface area contributed by atoms with Crippen molar-refractivity contribution >= 4 is 53.2 Å². The summed E-state index contributed by atoms with van der Waals surface area (Å²) in [7, 11) is 4.22. The van der Waals surface area contributed by atoms with Gasteiger partial charge in [0, 0.05) is 58.5 Å². The van der Waals surface area contributed by atoms with Gasteiger partial charge in [0.1, 0.15) is 61.3 Å². The van der Waals surface area contributed by atoms with Gasteiger partial charge in [0.05, 0.1) is 74.7 Å². The van der Waals surface area contributed by atoms with Crippen molar-refractivity contribution in [2.24, 2.45) is 5.73 Å². The third kappa shape index (κ3) is 18.0. The number of hydrogen-bond donors (Lipinski definition) is 13. The second-order valence-electron chi connectivity index (χ2n) is 25.0. The third-order valence-corrected chi connectivity index (χ3v) is 17.8. The van der Waals surface area contributed by atoms with Crippen LogP contribution < -0.4 is 54.6 Å². The number of carboxylic acids is 2. The summed E-state index contributed by atoms with van der Waals surface area (Å²) < 4.78 is 62.8. The average molecular weight is 1460 g/mol. The molecule has 3 fully saturated rings. The number of methoxy groups -OCH3 is 3. The predicted octanol–water partition coefficient (Wildman–Crippen LogP) is 0.428. The lowest BCUT2D eigenvalue weighted by Crippen LogP contribution is -2.61. The molecule has 2 unspecified atom stereocenters. The number of rotatable bonds is 30. The molecule has 0 aromatic heterocycles. The van der Waals surface area contributed by atoms with E-state index in [2.05, 4.69) is 23.8 Å². The monoisotopic (exact) mass is 1460 g/mol. The van der Waals surface area contributed by atoms with Gasteiger partial charge in [-0.1, -0.05) is 43.4 Å². The molecule has 0 saturated carbocycles. The van der Waals surface area contributed by atoms with Crippen LogP contribution in [0.1, 0.15) is 86.8 Å². The van der Waals surface area contributed by atoms with Gasteiger partial charge in [-0.3, -0.25) is 19.3 Å². The van der Waals surface area contributed by atoms with Crippen LogP contribution in [0.3, 0.4) is 0 Å². The minimum atomic E-state index is -2.02. The number of ether oxygens (including phenoxy) is 11. The Morgan fingerprint density at radius 1 is 0.615 bits per heavy atom. The summed E-state index contributed by atoms with van der Waals surface area (Å²) >= 11 is 0. The Morgan fingerprint density at radius 2 is 1.13 bits per heavy atom. The number of carboxylic acid groups (broad SMARTS) is 2. The molecule has 0 radical (unpaired) electrons. The molecule has 5 heterocycles. The maximum absolute atomic E-state index is 14.5. The lowest BCUT2D eigenvalue weighted by molar-refractivity contribution is -0.271. The number of nitrogens with zero attached hydrogens (tertiary/aromatic N) is 4. The SMILES string of the molecule is C=C(CC)CN1CC(O)N(C(=O)OCc2ccc(O[C@@H]3O[C@H](C(=O)O)[C@@H](O)[C@H](O)[C@H]3O)c(C(=O)NCCN)c2)c2cc(OCCCCCOc3cc4c(cc3OC)CN3CC(=C)C[C@H]3C(O)N4C(=O)OCc3ccc(O[C@@H]4O[C@H](C(=O)O)[C@@H](O)[C@H](O)[C@H]4O)c(C(=O)NCCOC)c3)c(OC)cc2C1=O.